The van der Waals surface area contributed by atoms with E-state index in [9.17, 15) is 4.79 Å². The number of methoxy groups -OCH3 is 2. The van der Waals surface area contributed by atoms with Gasteiger partial charge in [0.2, 0.25) is 0 Å². The predicted molar refractivity (Wildman–Crippen MR) is 69.9 cm³/mol. The molecular weight excluding hydrogens is 252 g/mol. The van der Waals surface area contributed by atoms with Crippen molar-refractivity contribution in [1.29, 1.82) is 0 Å². The van der Waals surface area contributed by atoms with Crippen molar-refractivity contribution < 1.29 is 19.0 Å². The number of aldehydes is 1. The first-order valence-corrected chi connectivity index (χ1v) is 6.78. The van der Waals surface area contributed by atoms with E-state index in [2.05, 4.69) is 0 Å². The number of ether oxygens (including phenoxy) is 3. The molecule has 1 aliphatic rings. The molecule has 1 aliphatic heterocycles. The molecule has 0 radical (unpaired) electrons. The number of rotatable bonds is 5. The Bertz CT molecular complexity index is 455. The highest BCUT2D eigenvalue weighted by Crippen LogP contribution is 2.42. The average molecular weight is 268 g/mol. The molecule has 0 bridgehead atoms. The standard InChI is InChI=1S/C13H16O4S/c1-15-10-5-12(18-3)11(16-2)4-9(10)13(6-14)7-17-8-13/h4-6H,7-8H2,1-3H3. The van der Waals surface area contributed by atoms with Crippen molar-refractivity contribution in [3.05, 3.63) is 17.7 Å². The van der Waals surface area contributed by atoms with Crippen LogP contribution < -0.4 is 9.47 Å². The molecule has 5 heteroatoms. The summed E-state index contributed by atoms with van der Waals surface area (Å²) in [5.74, 6) is 1.46. The Balaban J connectivity index is 2.54. The molecule has 1 fully saturated rings. The second-order valence-electron chi connectivity index (χ2n) is 4.17. The average Bonchev–Trinajstić information content (AvgIpc) is 2.37. The van der Waals surface area contributed by atoms with Crippen LogP contribution in [0.5, 0.6) is 11.5 Å². The van der Waals surface area contributed by atoms with E-state index in [-0.39, 0.29) is 0 Å². The Hall–Kier alpha value is -1.20. The molecule has 0 amide bonds. The number of carbonyl (C=O) groups is 1. The molecule has 1 aromatic carbocycles. The van der Waals surface area contributed by atoms with Crippen LogP contribution in [0.1, 0.15) is 5.56 Å². The number of hydrogen-bond donors (Lipinski definition) is 0. The third kappa shape index (κ3) is 1.97. The van der Waals surface area contributed by atoms with Crippen LogP contribution in [0.25, 0.3) is 0 Å². The molecule has 0 aliphatic carbocycles. The molecule has 0 spiro atoms. The highest BCUT2D eigenvalue weighted by atomic mass is 32.2. The van der Waals surface area contributed by atoms with Crippen LogP contribution in [0, 0.1) is 0 Å². The molecule has 98 valence electrons. The van der Waals surface area contributed by atoms with Crippen molar-refractivity contribution in [3.8, 4) is 11.5 Å². The molecule has 0 N–H and O–H groups in total. The van der Waals surface area contributed by atoms with Crippen LogP contribution in [-0.2, 0) is 14.9 Å². The van der Waals surface area contributed by atoms with Gasteiger partial charge in [-0.2, -0.15) is 0 Å². The maximum absolute atomic E-state index is 11.4. The van der Waals surface area contributed by atoms with E-state index in [4.69, 9.17) is 14.2 Å². The summed E-state index contributed by atoms with van der Waals surface area (Å²) in [5.41, 5.74) is 0.246. The van der Waals surface area contributed by atoms with Gasteiger partial charge in [0.05, 0.1) is 32.3 Å². The highest BCUT2D eigenvalue weighted by molar-refractivity contribution is 7.98. The van der Waals surface area contributed by atoms with Crippen LogP contribution in [0.2, 0.25) is 0 Å². The van der Waals surface area contributed by atoms with Crippen molar-refractivity contribution in [2.24, 2.45) is 0 Å². The highest BCUT2D eigenvalue weighted by Gasteiger charge is 2.43. The van der Waals surface area contributed by atoms with Gasteiger partial charge in [0.1, 0.15) is 23.2 Å². The zero-order chi connectivity index (χ0) is 13.2. The number of carbonyl (C=O) groups excluding carboxylic acids is 1. The molecule has 0 unspecified atom stereocenters. The lowest BCUT2D eigenvalue weighted by Crippen LogP contribution is -2.48. The number of thioether (sulfide) groups is 1. The maximum Gasteiger partial charge on any atom is 0.135 e. The zero-order valence-electron chi connectivity index (χ0n) is 10.7. The molecule has 4 nitrogen and oxygen atoms in total. The smallest absolute Gasteiger partial charge is 0.135 e. The monoisotopic (exact) mass is 268 g/mol. The molecular formula is C13H16O4S. The van der Waals surface area contributed by atoms with Gasteiger partial charge in [-0.15, -0.1) is 11.8 Å². The molecule has 0 aromatic heterocycles. The van der Waals surface area contributed by atoms with Gasteiger partial charge < -0.3 is 19.0 Å². The molecule has 0 atom stereocenters. The van der Waals surface area contributed by atoms with Crippen LogP contribution in [0.15, 0.2) is 17.0 Å². The molecule has 18 heavy (non-hydrogen) atoms. The topological polar surface area (TPSA) is 44.8 Å². The Labute approximate surface area is 111 Å². The Morgan fingerprint density at radius 1 is 1.28 bits per heavy atom. The van der Waals surface area contributed by atoms with E-state index in [1.165, 1.54) is 0 Å². The first kappa shape index (κ1) is 13.2. The molecule has 2 rings (SSSR count). The Kier molecular flexibility index (Phi) is 3.82. The summed E-state index contributed by atoms with van der Waals surface area (Å²) >= 11 is 1.58. The summed E-state index contributed by atoms with van der Waals surface area (Å²) < 4.78 is 15.9. The number of hydrogen-bond acceptors (Lipinski definition) is 5. The second-order valence-corrected chi connectivity index (χ2v) is 5.02. The fraction of sp³-hybridized carbons (Fsp3) is 0.462. The van der Waals surface area contributed by atoms with Crippen molar-refractivity contribution >= 4 is 18.0 Å². The summed E-state index contributed by atoms with van der Waals surface area (Å²) in [6.45, 7) is 0.795. The second kappa shape index (κ2) is 5.20. The lowest BCUT2D eigenvalue weighted by molar-refractivity contribution is -0.130. The van der Waals surface area contributed by atoms with Gasteiger partial charge in [0.25, 0.3) is 0 Å². The number of benzene rings is 1. The van der Waals surface area contributed by atoms with Gasteiger partial charge in [0.15, 0.2) is 0 Å². The van der Waals surface area contributed by atoms with Crippen LogP contribution >= 0.6 is 11.8 Å². The Morgan fingerprint density at radius 3 is 2.33 bits per heavy atom. The lowest BCUT2D eigenvalue weighted by Gasteiger charge is -2.37. The lowest BCUT2D eigenvalue weighted by atomic mass is 9.79. The summed E-state index contributed by atoms with van der Waals surface area (Å²) in [6, 6.07) is 3.78. The minimum Gasteiger partial charge on any atom is -0.496 e. The summed E-state index contributed by atoms with van der Waals surface area (Å²) in [7, 11) is 3.23. The SMILES string of the molecule is COc1cc(C2(C=O)COC2)c(OC)cc1SC. The first-order valence-electron chi connectivity index (χ1n) is 5.55. The van der Waals surface area contributed by atoms with E-state index in [1.54, 1.807) is 26.0 Å². The molecule has 0 saturated carbocycles. The van der Waals surface area contributed by atoms with E-state index in [0.717, 1.165) is 22.5 Å². The molecule has 1 heterocycles. The van der Waals surface area contributed by atoms with E-state index < -0.39 is 5.41 Å². The quantitative estimate of drug-likeness (QED) is 0.603. The molecule has 1 aromatic rings. The normalized spacial score (nSPS) is 16.8. The van der Waals surface area contributed by atoms with Gasteiger partial charge in [-0.1, -0.05) is 0 Å². The third-order valence-corrected chi connectivity index (χ3v) is 3.95. The van der Waals surface area contributed by atoms with E-state index in [0.29, 0.717) is 19.0 Å². The van der Waals surface area contributed by atoms with Crippen LogP contribution in [0.3, 0.4) is 0 Å². The van der Waals surface area contributed by atoms with E-state index >= 15 is 0 Å². The van der Waals surface area contributed by atoms with Gasteiger partial charge >= 0.3 is 0 Å². The predicted octanol–water partition coefficient (Wildman–Crippen LogP) is 1.89. The first-order chi connectivity index (χ1) is 8.70. The van der Waals surface area contributed by atoms with Crippen molar-refractivity contribution in [3.63, 3.8) is 0 Å². The largest absolute Gasteiger partial charge is 0.496 e. The third-order valence-electron chi connectivity index (χ3n) is 3.19. The summed E-state index contributed by atoms with van der Waals surface area (Å²) in [5, 5.41) is 0. The van der Waals surface area contributed by atoms with Gasteiger partial charge in [-0.25, -0.2) is 0 Å². The minimum absolute atomic E-state index is 0.397. The van der Waals surface area contributed by atoms with Gasteiger partial charge in [-0.3, -0.25) is 0 Å². The van der Waals surface area contributed by atoms with Crippen LogP contribution in [-0.4, -0.2) is 40.0 Å². The fourth-order valence-electron chi connectivity index (χ4n) is 2.03. The minimum atomic E-state index is -0.588. The van der Waals surface area contributed by atoms with Crippen LogP contribution in [0.4, 0.5) is 0 Å². The molecule has 1 saturated heterocycles. The summed E-state index contributed by atoms with van der Waals surface area (Å²) in [6.07, 6.45) is 2.91. The van der Waals surface area contributed by atoms with Crippen molar-refractivity contribution in [1.82, 2.24) is 0 Å². The Morgan fingerprint density at radius 2 is 1.94 bits per heavy atom. The maximum atomic E-state index is 11.4. The van der Waals surface area contributed by atoms with E-state index in [1.807, 2.05) is 18.4 Å². The van der Waals surface area contributed by atoms with Crippen molar-refractivity contribution in [2.45, 2.75) is 10.3 Å². The van der Waals surface area contributed by atoms with Gasteiger partial charge in [0, 0.05) is 5.56 Å². The van der Waals surface area contributed by atoms with Crippen molar-refractivity contribution in [2.75, 3.05) is 33.7 Å². The zero-order valence-corrected chi connectivity index (χ0v) is 11.5. The fourth-order valence-corrected chi connectivity index (χ4v) is 2.60. The van der Waals surface area contributed by atoms with Gasteiger partial charge in [-0.05, 0) is 18.4 Å². The summed E-state index contributed by atoms with van der Waals surface area (Å²) in [4.78, 5) is 12.3.